The number of nitrogens with one attached hydrogen (secondary N) is 2. The van der Waals surface area contributed by atoms with Crippen LogP contribution in [0.2, 0.25) is 0 Å². The average molecular weight is 418 g/mol. The van der Waals surface area contributed by atoms with E-state index in [-0.39, 0.29) is 30.3 Å². The fraction of sp³-hybridized carbons (Fsp3) is 0.364. The standard InChI is InChI=1S/C22H27N3O3.ClH/c1-4-28-18-14-22(23,21(18,2)3)20(27)25-17-12-8-11-16(13-17)24-19(26)15-9-6-5-7-10-15;/h5-13,18H,4,14,23H2,1-3H3,(H,24,26)(H,25,27);1H. The Kier molecular flexibility index (Phi) is 7.06. The molecule has 0 bridgehead atoms. The average Bonchev–Trinajstić information content (AvgIpc) is 2.68. The lowest BCUT2D eigenvalue weighted by atomic mass is 9.54. The lowest BCUT2D eigenvalue weighted by Gasteiger charge is -2.57. The zero-order valence-corrected chi connectivity index (χ0v) is 17.7. The smallest absolute Gasteiger partial charge is 0.255 e. The third kappa shape index (κ3) is 4.45. The van der Waals surface area contributed by atoms with Gasteiger partial charge >= 0.3 is 0 Å². The van der Waals surface area contributed by atoms with Crippen LogP contribution in [0.5, 0.6) is 0 Å². The molecule has 2 atom stereocenters. The summed E-state index contributed by atoms with van der Waals surface area (Å²) in [7, 11) is 0. The van der Waals surface area contributed by atoms with Crippen molar-refractivity contribution in [3.63, 3.8) is 0 Å². The number of carbonyl (C=O) groups is 2. The van der Waals surface area contributed by atoms with Crippen molar-refractivity contribution < 1.29 is 14.3 Å². The molecule has 0 aliphatic heterocycles. The van der Waals surface area contributed by atoms with Gasteiger partial charge in [0.2, 0.25) is 5.91 Å². The molecule has 2 aromatic rings. The molecule has 156 valence electrons. The van der Waals surface area contributed by atoms with Crippen LogP contribution in [0.15, 0.2) is 54.6 Å². The fourth-order valence-corrected chi connectivity index (χ4v) is 3.53. The Labute approximate surface area is 177 Å². The number of anilines is 2. The summed E-state index contributed by atoms with van der Waals surface area (Å²) in [5, 5.41) is 5.72. The molecular weight excluding hydrogens is 390 g/mol. The molecule has 4 N–H and O–H groups in total. The normalized spacial score (nSPS) is 22.0. The van der Waals surface area contributed by atoms with Crippen molar-refractivity contribution in [2.45, 2.75) is 38.8 Å². The van der Waals surface area contributed by atoms with Crippen molar-refractivity contribution in [2.75, 3.05) is 17.2 Å². The number of hydrogen-bond donors (Lipinski definition) is 3. The molecule has 1 aliphatic carbocycles. The van der Waals surface area contributed by atoms with E-state index in [2.05, 4.69) is 10.6 Å². The lowest BCUT2D eigenvalue weighted by Crippen LogP contribution is -2.74. The summed E-state index contributed by atoms with van der Waals surface area (Å²) in [6.45, 7) is 6.43. The number of halogens is 1. The number of ether oxygens (including phenoxy) is 1. The highest BCUT2D eigenvalue weighted by Gasteiger charge is 2.62. The van der Waals surface area contributed by atoms with Crippen molar-refractivity contribution in [1.29, 1.82) is 0 Å². The molecular formula is C22H28ClN3O3. The molecule has 2 unspecified atom stereocenters. The van der Waals surface area contributed by atoms with E-state index in [1.807, 2.05) is 39.0 Å². The largest absolute Gasteiger partial charge is 0.378 e. The van der Waals surface area contributed by atoms with Crippen molar-refractivity contribution in [1.82, 2.24) is 0 Å². The maximum atomic E-state index is 12.9. The van der Waals surface area contributed by atoms with Gasteiger partial charge in [0, 0.05) is 35.4 Å². The Balaban J connectivity index is 0.00000300. The number of benzene rings is 2. The highest BCUT2D eigenvalue weighted by atomic mass is 35.5. The van der Waals surface area contributed by atoms with Gasteiger partial charge in [0.25, 0.3) is 5.91 Å². The van der Waals surface area contributed by atoms with Crippen LogP contribution in [0, 0.1) is 5.41 Å². The van der Waals surface area contributed by atoms with Crippen LogP contribution in [0.4, 0.5) is 11.4 Å². The Morgan fingerprint density at radius 1 is 1.07 bits per heavy atom. The topological polar surface area (TPSA) is 93.4 Å². The minimum Gasteiger partial charge on any atom is -0.378 e. The lowest BCUT2D eigenvalue weighted by molar-refractivity contribution is -0.166. The number of nitrogens with two attached hydrogens (primary N) is 1. The predicted molar refractivity (Wildman–Crippen MR) is 117 cm³/mol. The van der Waals surface area contributed by atoms with Crippen molar-refractivity contribution in [3.05, 3.63) is 60.2 Å². The minimum absolute atomic E-state index is 0. The van der Waals surface area contributed by atoms with Gasteiger partial charge in [-0.15, -0.1) is 12.4 Å². The van der Waals surface area contributed by atoms with Crippen LogP contribution < -0.4 is 16.4 Å². The zero-order chi connectivity index (χ0) is 20.4. The van der Waals surface area contributed by atoms with Gasteiger partial charge in [0.1, 0.15) is 5.54 Å². The van der Waals surface area contributed by atoms with Crippen LogP contribution >= 0.6 is 12.4 Å². The van der Waals surface area contributed by atoms with Crippen molar-refractivity contribution in [3.8, 4) is 0 Å². The molecule has 1 fully saturated rings. The summed E-state index contributed by atoms with van der Waals surface area (Å²) in [6, 6.07) is 16.0. The van der Waals surface area contributed by atoms with Gasteiger partial charge in [-0.3, -0.25) is 9.59 Å². The summed E-state index contributed by atoms with van der Waals surface area (Å²) in [5.74, 6) is -0.459. The van der Waals surface area contributed by atoms with Gasteiger partial charge in [-0.05, 0) is 37.3 Å². The van der Waals surface area contributed by atoms with E-state index in [1.54, 1.807) is 36.4 Å². The van der Waals surface area contributed by atoms with E-state index in [0.717, 1.165) is 0 Å². The molecule has 0 radical (unpaired) electrons. The molecule has 29 heavy (non-hydrogen) atoms. The number of amides is 2. The van der Waals surface area contributed by atoms with Gasteiger partial charge in [-0.2, -0.15) is 0 Å². The minimum atomic E-state index is -1.00. The van der Waals surface area contributed by atoms with Gasteiger partial charge in [0.05, 0.1) is 6.10 Å². The molecule has 1 saturated carbocycles. The molecule has 2 aromatic carbocycles. The third-order valence-electron chi connectivity index (χ3n) is 5.65. The van der Waals surface area contributed by atoms with Gasteiger partial charge < -0.3 is 21.1 Å². The molecule has 1 aliphatic rings. The first kappa shape index (κ1) is 22.9. The molecule has 2 amide bonds. The molecule has 3 rings (SSSR count). The van der Waals surface area contributed by atoms with Crippen molar-refractivity contribution >= 4 is 35.6 Å². The quantitative estimate of drug-likeness (QED) is 0.665. The molecule has 0 spiro atoms. The third-order valence-corrected chi connectivity index (χ3v) is 5.65. The Morgan fingerprint density at radius 2 is 1.69 bits per heavy atom. The summed E-state index contributed by atoms with van der Waals surface area (Å²) in [4.78, 5) is 25.2. The van der Waals surface area contributed by atoms with Gasteiger partial charge in [0.15, 0.2) is 0 Å². The van der Waals surface area contributed by atoms with Crippen LogP contribution in [0.25, 0.3) is 0 Å². The van der Waals surface area contributed by atoms with E-state index in [4.69, 9.17) is 10.5 Å². The first-order valence-electron chi connectivity index (χ1n) is 9.46. The summed E-state index contributed by atoms with van der Waals surface area (Å²) >= 11 is 0. The first-order chi connectivity index (χ1) is 13.3. The van der Waals surface area contributed by atoms with E-state index < -0.39 is 11.0 Å². The van der Waals surface area contributed by atoms with E-state index >= 15 is 0 Å². The maximum absolute atomic E-state index is 12.9. The van der Waals surface area contributed by atoms with E-state index in [9.17, 15) is 9.59 Å². The summed E-state index contributed by atoms with van der Waals surface area (Å²) in [5.41, 5.74) is 6.70. The predicted octanol–water partition coefficient (Wildman–Crippen LogP) is 3.83. The molecule has 7 heteroatoms. The Bertz CT molecular complexity index is 873. The highest BCUT2D eigenvalue weighted by molar-refractivity contribution is 6.05. The summed E-state index contributed by atoms with van der Waals surface area (Å²) in [6.07, 6.45) is 0.439. The first-order valence-corrected chi connectivity index (χ1v) is 9.46. The van der Waals surface area contributed by atoms with Crippen LogP contribution in [-0.2, 0) is 9.53 Å². The monoisotopic (exact) mass is 417 g/mol. The zero-order valence-electron chi connectivity index (χ0n) is 16.9. The summed E-state index contributed by atoms with van der Waals surface area (Å²) < 4.78 is 5.69. The van der Waals surface area contributed by atoms with Crippen LogP contribution in [0.3, 0.4) is 0 Å². The Hall–Kier alpha value is -2.41. The van der Waals surface area contributed by atoms with E-state index in [1.165, 1.54) is 0 Å². The molecule has 6 nitrogen and oxygen atoms in total. The van der Waals surface area contributed by atoms with Crippen LogP contribution in [-0.4, -0.2) is 30.1 Å². The second kappa shape index (κ2) is 8.95. The Morgan fingerprint density at radius 3 is 2.28 bits per heavy atom. The number of hydrogen-bond acceptors (Lipinski definition) is 4. The van der Waals surface area contributed by atoms with Crippen molar-refractivity contribution in [2.24, 2.45) is 11.1 Å². The van der Waals surface area contributed by atoms with Gasteiger partial charge in [-0.1, -0.05) is 38.1 Å². The SMILES string of the molecule is CCOC1CC(N)(C(=O)Nc2cccc(NC(=O)c3ccccc3)c2)C1(C)C.Cl. The number of carbonyl (C=O) groups excluding carboxylic acids is 2. The second-order valence-corrected chi connectivity index (χ2v) is 7.70. The fourth-order valence-electron chi connectivity index (χ4n) is 3.53. The van der Waals surface area contributed by atoms with Crippen LogP contribution in [0.1, 0.15) is 37.6 Å². The molecule has 0 saturated heterocycles. The molecule has 0 heterocycles. The maximum Gasteiger partial charge on any atom is 0.255 e. The molecule has 0 aromatic heterocycles. The van der Waals surface area contributed by atoms with Gasteiger partial charge in [-0.25, -0.2) is 0 Å². The number of rotatable bonds is 6. The van der Waals surface area contributed by atoms with E-state index in [0.29, 0.717) is 30.0 Å². The second-order valence-electron chi connectivity index (χ2n) is 7.70. The highest BCUT2D eigenvalue weighted by Crippen LogP contribution is 2.50.